The van der Waals surface area contributed by atoms with Gasteiger partial charge < -0.3 is 10.1 Å². The van der Waals surface area contributed by atoms with E-state index in [1.165, 1.54) is 12.1 Å². The maximum Gasteiger partial charge on any atom is 0.251 e. The Morgan fingerprint density at radius 2 is 1.65 bits per heavy atom. The molecule has 0 aromatic heterocycles. The van der Waals surface area contributed by atoms with Gasteiger partial charge in [0.15, 0.2) is 0 Å². The number of hydrogen-bond acceptors (Lipinski definition) is 2. The first-order valence-electron chi connectivity index (χ1n) is 8.41. The van der Waals surface area contributed by atoms with Crippen molar-refractivity contribution in [3.8, 4) is 5.75 Å². The van der Waals surface area contributed by atoms with E-state index < -0.39 is 0 Å². The van der Waals surface area contributed by atoms with E-state index in [1.54, 1.807) is 18.2 Å². The van der Waals surface area contributed by atoms with E-state index in [1.807, 2.05) is 49.4 Å². The fourth-order valence-corrected chi connectivity index (χ4v) is 2.52. The van der Waals surface area contributed by atoms with Crippen molar-refractivity contribution in [2.45, 2.75) is 20.1 Å². The molecule has 0 spiro atoms. The molecule has 132 valence electrons. The van der Waals surface area contributed by atoms with Gasteiger partial charge in [-0.1, -0.05) is 42.0 Å². The SMILES string of the molecule is Cc1cccc(C(=O)NCc2ccc(OCc3ccc(F)cc3)cc2)c1. The van der Waals surface area contributed by atoms with Gasteiger partial charge >= 0.3 is 0 Å². The van der Waals surface area contributed by atoms with Crippen molar-refractivity contribution in [2.75, 3.05) is 0 Å². The van der Waals surface area contributed by atoms with Gasteiger partial charge in [0, 0.05) is 12.1 Å². The number of amides is 1. The largest absolute Gasteiger partial charge is 0.489 e. The molecule has 0 fully saturated rings. The van der Waals surface area contributed by atoms with Crippen LogP contribution < -0.4 is 10.1 Å². The van der Waals surface area contributed by atoms with Crippen molar-refractivity contribution in [2.24, 2.45) is 0 Å². The second-order valence-corrected chi connectivity index (χ2v) is 6.11. The highest BCUT2D eigenvalue weighted by molar-refractivity contribution is 5.94. The van der Waals surface area contributed by atoms with Crippen molar-refractivity contribution in [3.63, 3.8) is 0 Å². The molecule has 0 unspecified atom stereocenters. The maximum atomic E-state index is 12.9. The van der Waals surface area contributed by atoms with Crippen LogP contribution in [0.5, 0.6) is 5.75 Å². The van der Waals surface area contributed by atoms with Gasteiger partial charge in [-0.2, -0.15) is 0 Å². The normalized spacial score (nSPS) is 10.4. The lowest BCUT2D eigenvalue weighted by atomic mass is 10.1. The third kappa shape index (κ3) is 4.93. The van der Waals surface area contributed by atoms with E-state index >= 15 is 0 Å². The molecule has 0 atom stereocenters. The number of ether oxygens (including phenoxy) is 1. The minimum Gasteiger partial charge on any atom is -0.489 e. The minimum atomic E-state index is -0.259. The summed E-state index contributed by atoms with van der Waals surface area (Å²) >= 11 is 0. The van der Waals surface area contributed by atoms with Crippen LogP contribution in [-0.4, -0.2) is 5.91 Å². The van der Waals surface area contributed by atoms with Crippen LogP contribution in [0.3, 0.4) is 0 Å². The molecule has 1 N–H and O–H groups in total. The van der Waals surface area contributed by atoms with Gasteiger partial charge in [-0.15, -0.1) is 0 Å². The molecule has 0 radical (unpaired) electrons. The van der Waals surface area contributed by atoms with Gasteiger partial charge in [0.2, 0.25) is 0 Å². The van der Waals surface area contributed by atoms with Crippen LogP contribution in [0, 0.1) is 12.7 Å². The van der Waals surface area contributed by atoms with Crippen LogP contribution in [0.15, 0.2) is 72.8 Å². The van der Waals surface area contributed by atoms with Gasteiger partial charge in [-0.25, -0.2) is 4.39 Å². The number of benzene rings is 3. The number of hydrogen-bond donors (Lipinski definition) is 1. The van der Waals surface area contributed by atoms with Crippen LogP contribution in [-0.2, 0) is 13.2 Å². The molecule has 0 saturated heterocycles. The summed E-state index contributed by atoms with van der Waals surface area (Å²) in [6, 6.07) is 21.3. The number of carbonyl (C=O) groups is 1. The van der Waals surface area contributed by atoms with E-state index in [0.717, 1.165) is 22.4 Å². The molecule has 4 heteroatoms. The second-order valence-electron chi connectivity index (χ2n) is 6.11. The molecule has 0 aliphatic heterocycles. The fraction of sp³-hybridized carbons (Fsp3) is 0.136. The highest BCUT2D eigenvalue weighted by Gasteiger charge is 2.05. The molecule has 3 nitrogen and oxygen atoms in total. The lowest BCUT2D eigenvalue weighted by Crippen LogP contribution is -2.22. The third-order valence-corrected chi connectivity index (χ3v) is 3.98. The van der Waals surface area contributed by atoms with Gasteiger partial charge in [0.1, 0.15) is 18.2 Å². The zero-order valence-electron chi connectivity index (χ0n) is 14.5. The number of nitrogens with one attached hydrogen (secondary N) is 1. The van der Waals surface area contributed by atoms with Crippen LogP contribution in [0.25, 0.3) is 0 Å². The predicted octanol–water partition coefficient (Wildman–Crippen LogP) is 4.64. The van der Waals surface area contributed by atoms with Crippen molar-refractivity contribution in [3.05, 3.63) is 101 Å². The summed E-state index contributed by atoms with van der Waals surface area (Å²) in [6.07, 6.45) is 0. The Labute approximate surface area is 152 Å². The first-order chi connectivity index (χ1) is 12.6. The molecular weight excluding hydrogens is 329 g/mol. The van der Waals surface area contributed by atoms with E-state index in [9.17, 15) is 9.18 Å². The Hall–Kier alpha value is -3.14. The van der Waals surface area contributed by atoms with Crippen molar-refractivity contribution in [1.29, 1.82) is 0 Å². The van der Waals surface area contributed by atoms with E-state index in [0.29, 0.717) is 18.7 Å². The number of rotatable bonds is 6. The molecule has 3 aromatic rings. The standard InChI is InChI=1S/C22H20FNO2/c1-16-3-2-4-19(13-16)22(25)24-14-17-7-11-21(12-8-17)26-15-18-5-9-20(23)10-6-18/h2-13H,14-15H2,1H3,(H,24,25). The van der Waals surface area contributed by atoms with Crippen molar-refractivity contribution < 1.29 is 13.9 Å². The van der Waals surface area contributed by atoms with Gasteiger partial charge in [0.05, 0.1) is 0 Å². The van der Waals surface area contributed by atoms with Crippen LogP contribution in [0.2, 0.25) is 0 Å². The summed E-state index contributed by atoms with van der Waals surface area (Å²) in [4.78, 5) is 12.2. The lowest BCUT2D eigenvalue weighted by molar-refractivity contribution is 0.0951. The molecule has 0 aliphatic rings. The third-order valence-electron chi connectivity index (χ3n) is 3.98. The molecule has 3 aromatic carbocycles. The van der Waals surface area contributed by atoms with Gasteiger partial charge in [0.25, 0.3) is 5.91 Å². The molecule has 0 bridgehead atoms. The Morgan fingerprint density at radius 1 is 0.962 bits per heavy atom. The molecule has 0 aliphatic carbocycles. The van der Waals surface area contributed by atoms with E-state index in [2.05, 4.69) is 5.32 Å². The Kier molecular flexibility index (Phi) is 5.64. The van der Waals surface area contributed by atoms with Crippen LogP contribution in [0.1, 0.15) is 27.0 Å². The smallest absolute Gasteiger partial charge is 0.251 e. The predicted molar refractivity (Wildman–Crippen MR) is 99.5 cm³/mol. The Morgan fingerprint density at radius 3 is 2.35 bits per heavy atom. The summed E-state index contributed by atoms with van der Waals surface area (Å²) in [5.74, 6) is 0.374. The highest BCUT2D eigenvalue weighted by Crippen LogP contribution is 2.15. The zero-order chi connectivity index (χ0) is 18.4. The topological polar surface area (TPSA) is 38.3 Å². The van der Waals surface area contributed by atoms with Crippen molar-refractivity contribution >= 4 is 5.91 Å². The number of halogens is 1. The summed E-state index contributed by atoms with van der Waals surface area (Å²) in [5.41, 5.74) is 3.60. The average molecular weight is 349 g/mol. The monoisotopic (exact) mass is 349 g/mol. The molecule has 1 amide bonds. The first-order valence-corrected chi connectivity index (χ1v) is 8.41. The van der Waals surface area contributed by atoms with Gasteiger partial charge in [-0.05, 0) is 54.4 Å². The summed E-state index contributed by atoms with van der Waals surface area (Å²) in [6.45, 7) is 2.79. The average Bonchev–Trinajstić information content (AvgIpc) is 2.66. The maximum absolute atomic E-state index is 12.9. The second kappa shape index (κ2) is 8.30. The summed E-state index contributed by atoms with van der Waals surface area (Å²) in [5, 5.41) is 2.91. The van der Waals surface area contributed by atoms with Crippen molar-refractivity contribution in [1.82, 2.24) is 5.32 Å². The number of aryl methyl sites for hydroxylation is 1. The minimum absolute atomic E-state index is 0.0923. The van der Waals surface area contributed by atoms with Crippen LogP contribution in [0.4, 0.5) is 4.39 Å². The molecule has 0 saturated carbocycles. The van der Waals surface area contributed by atoms with E-state index in [-0.39, 0.29) is 11.7 Å². The molecule has 3 rings (SSSR count). The fourth-order valence-electron chi connectivity index (χ4n) is 2.52. The Bertz CT molecular complexity index is 873. The quantitative estimate of drug-likeness (QED) is 0.704. The van der Waals surface area contributed by atoms with E-state index in [4.69, 9.17) is 4.74 Å². The lowest BCUT2D eigenvalue weighted by Gasteiger charge is -2.09. The first kappa shape index (κ1) is 17.7. The molecular formula is C22H20FNO2. The molecule has 0 heterocycles. The molecule has 26 heavy (non-hydrogen) atoms. The summed E-state index contributed by atoms with van der Waals surface area (Å²) in [7, 11) is 0. The zero-order valence-corrected chi connectivity index (χ0v) is 14.5. The summed E-state index contributed by atoms with van der Waals surface area (Å²) < 4.78 is 18.6. The van der Waals surface area contributed by atoms with Gasteiger partial charge in [-0.3, -0.25) is 4.79 Å². The Balaban J connectivity index is 1.51. The highest BCUT2D eigenvalue weighted by atomic mass is 19.1. The van der Waals surface area contributed by atoms with Crippen LogP contribution >= 0.6 is 0 Å². The number of carbonyl (C=O) groups excluding carboxylic acids is 1.